The minimum absolute atomic E-state index is 0. The van der Waals surface area contributed by atoms with E-state index in [-0.39, 0.29) is 30.3 Å². The quantitative estimate of drug-likeness (QED) is 0.723. The molecule has 0 saturated carbocycles. The fourth-order valence-electron chi connectivity index (χ4n) is 3.20. The molecule has 5 nitrogen and oxygen atoms in total. The van der Waals surface area contributed by atoms with Gasteiger partial charge in [-0.1, -0.05) is 19.1 Å². The Morgan fingerprint density at radius 1 is 1.16 bits per heavy atom. The van der Waals surface area contributed by atoms with Gasteiger partial charge in [0, 0.05) is 12.5 Å². The first-order valence-corrected chi connectivity index (χ1v) is 8.88. The fraction of sp³-hybridized carbons (Fsp3) is 0.579. The van der Waals surface area contributed by atoms with Gasteiger partial charge < -0.3 is 16.0 Å². The summed E-state index contributed by atoms with van der Waals surface area (Å²) in [6.07, 6.45) is 2.74. The van der Waals surface area contributed by atoms with Crippen molar-refractivity contribution >= 4 is 29.9 Å². The highest BCUT2D eigenvalue weighted by Gasteiger charge is 2.22. The van der Waals surface area contributed by atoms with Gasteiger partial charge in [-0.15, -0.1) is 12.4 Å². The maximum absolute atomic E-state index is 12.4. The number of hydrogen-bond donors (Lipinski definition) is 3. The SMILES string of the molecule is CC(C)NC(=O)c1ccccc1NC(=O)CC(C)C1CCNCC1.Cl. The van der Waals surface area contributed by atoms with Crippen LogP contribution in [0.3, 0.4) is 0 Å². The summed E-state index contributed by atoms with van der Waals surface area (Å²) in [6, 6.07) is 7.22. The molecule has 6 heteroatoms. The summed E-state index contributed by atoms with van der Waals surface area (Å²) >= 11 is 0. The third-order valence-corrected chi connectivity index (χ3v) is 4.56. The van der Waals surface area contributed by atoms with Gasteiger partial charge in [0.1, 0.15) is 0 Å². The smallest absolute Gasteiger partial charge is 0.253 e. The summed E-state index contributed by atoms with van der Waals surface area (Å²) in [4.78, 5) is 24.7. The van der Waals surface area contributed by atoms with Crippen molar-refractivity contribution in [3.63, 3.8) is 0 Å². The Labute approximate surface area is 156 Å². The van der Waals surface area contributed by atoms with Crippen LogP contribution in [-0.2, 0) is 4.79 Å². The molecule has 140 valence electrons. The molecule has 1 aromatic carbocycles. The van der Waals surface area contributed by atoms with Crippen LogP contribution < -0.4 is 16.0 Å². The summed E-state index contributed by atoms with van der Waals surface area (Å²) in [5.41, 5.74) is 1.09. The maximum Gasteiger partial charge on any atom is 0.253 e. The minimum atomic E-state index is -0.160. The van der Waals surface area contributed by atoms with Gasteiger partial charge in [-0.2, -0.15) is 0 Å². The predicted molar refractivity (Wildman–Crippen MR) is 104 cm³/mol. The number of carbonyl (C=O) groups is 2. The number of anilines is 1. The lowest BCUT2D eigenvalue weighted by atomic mass is 9.84. The molecule has 1 aliphatic rings. The van der Waals surface area contributed by atoms with Crippen LogP contribution in [0.15, 0.2) is 24.3 Å². The minimum Gasteiger partial charge on any atom is -0.350 e. The largest absolute Gasteiger partial charge is 0.350 e. The lowest BCUT2D eigenvalue weighted by Crippen LogP contribution is -2.32. The number of amides is 2. The second kappa shape index (κ2) is 10.4. The van der Waals surface area contributed by atoms with Crippen LogP contribution >= 0.6 is 12.4 Å². The number of para-hydroxylation sites is 1. The van der Waals surface area contributed by atoms with Crippen molar-refractivity contribution in [2.75, 3.05) is 18.4 Å². The molecule has 1 heterocycles. The van der Waals surface area contributed by atoms with E-state index in [0.717, 1.165) is 25.9 Å². The van der Waals surface area contributed by atoms with E-state index in [9.17, 15) is 9.59 Å². The standard InChI is InChI=1S/C19H29N3O2.ClH/c1-13(2)21-19(24)16-6-4-5-7-17(16)22-18(23)12-14(3)15-8-10-20-11-9-15;/h4-7,13-15,20H,8-12H2,1-3H3,(H,21,24)(H,22,23);1H. The predicted octanol–water partition coefficient (Wildman–Crippen LogP) is 3.21. The summed E-state index contributed by atoms with van der Waals surface area (Å²) < 4.78 is 0. The Bertz CT molecular complexity index is 572. The first-order valence-electron chi connectivity index (χ1n) is 8.88. The first-order chi connectivity index (χ1) is 11.5. The Hall–Kier alpha value is -1.59. The zero-order chi connectivity index (χ0) is 17.5. The number of benzene rings is 1. The molecule has 1 atom stereocenters. The summed E-state index contributed by atoms with van der Waals surface area (Å²) in [5, 5.41) is 9.14. The van der Waals surface area contributed by atoms with Gasteiger partial charge in [0.25, 0.3) is 5.91 Å². The lowest BCUT2D eigenvalue weighted by Gasteiger charge is -2.28. The van der Waals surface area contributed by atoms with Crippen molar-refractivity contribution in [3.05, 3.63) is 29.8 Å². The summed E-state index contributed by atoms with van der Waals surface area (Å²) in [7, 11) is 0. The molecule has 0 aliphatic carbocycles. The number of hydrogen-bond acceptors (Lipinski definition) is 3. The van der Waals surface area contributed by atoms with E-state index in [4.69, 9.17) is 0 Å². The van der Waals surface area contributed by atoms with Crippen molar-refractivity contribution in [2.45, 2.75) is 46.1 Å². The average molecular weight is 368 g/mol. The van der Waals surface area contributed by atoms with Crippen molar-refractivity contribution < 1.29 is 9.59 Å². The monoisotopic (exact) mass is 367 g/mol. The van der Waals surface area contributed by atoms with E-state index >= 15 is 0 Å². The lowest BCUT2D eigenvalue weighted by molar-refractivity contribution is -0.117. The molecule has 1 aromatic rings. The summed E-state index contributed by atoms with van der Waals surface area (Å²) in [5.74, 6) is 0.762. The third-order valence-electron chi connectivity index (χ3n) is 4.56. The number of rotatable bonds is 6. The molecule has 1 unspecified atom stereocenters. The zero-order valence-corrected chi connectivity index (χ0v) is 16.1. The molecular formula is C19H30ClN3O2. The molecule has 1 aliphatic heterocycles. The van der Waals surface area contributed by atoms with E-state index in [2.05, 4.69) is 22.9 Å². The number of nitrogens with one attached hydrogen (secondary N) is 3. The third kappa shape index (κ3) is 6.67. The Morgan fingerprint density at radius 2 is 1.80 bits per heavy atom. The van der Waals surface area contributed by atoms with E-state index in [1.165, 1.54) is 0 Å². The summed E-state index contributed by atoms with van der Waals surface area (Å²) in [6.45, 7) is 8.05. The number of halogens is 1. The molecule has 0 spiro atoms. The average Bonchev–Trinajstić information content (AvgIpc) is 2.55. The molecule has 1 saturated heterocycles. The van der Waals surface area contributed by atoms with E-state index < -0.39 is 0 Å². The number of carbonyl (C=O) groups excluding carboxylic acids is 2. The molecule has 0 radical (unpaired) electrons. The normalized spacial score (nSPS) is 16.0. The fourth-order valence-corrected chi connectivity index (χ4v) is 3.20. The molecule has 2 rings (SSSR count). The van der Waals surface area contributed by atoms with Crippen LogP contribution in [0.1, 0.15) is 50.4 Å². The molecule has 25 heavy (non-hydrogen) atoms. The van der Waals surface area contributed by atoms with E-state index in [1.54, 1.807) is 12.1 Å². The van der Waals surface area contributed by atoms with Gasteiger partial charge in [-0.3, -0.25) is 9.59 Å². The second-order valence-corrected chi connectivity index (χ2v) is 6.99. The van der Waals surface area contributed by atoms with E-state index in [0.29, 0.717) is 29.5 Å². The highest BCUT2D eigenvalue weighted by molar-refractivity contribution is 6.03. The van der Waals surface area contributed by atoms with Crippen LogP contribution in [0.25, 0.3) is 0 Å². The van der Waals surface area contributed by atoms with Crippen molar-refractivity contribution in [3.8, 4) is 0 Å². The highest BCUT2D eigenvalue weighted by atomic mass is 35.5. The Balaban J connectivity index is 0.00000312. The maximum atomic E-state index is 12.4. The van der Waals surface area contributed by atoms with Crippen LogP contribution in [0.2, 0.25) is 0 Å². The van der Waals surface area contributed by atoms with Gasteiger partial charge in [0.15, 0.2) is 0 Å². The van der Waals surface area contributed by atoms with Gasteiger partial charge >= 0.3 is 0 Å². The van der Waals surface area contributed by atoms with Gasteiger partial charge in [-0.05, 0) is 63.7 Å². The van der Waals surface area contributed by atoms with Gasteiger partial charge in [0.05, 0.1) is 11.3 Å². The Kier molecular flexibility index (Phi) is 8.93. The number of piperidine rings is 1. The molecular weight excluding hydrogens is 338 g/mol. The van der Waals surface area contributed by atoms with Gasteiger partial charge in [0.2, 0.25) is 5.91 Å². The molecule has 0 aromatic heterocycles. The van der Waals surface area contributed by atoms with Gasteiger partial charge in [-0.25, -0.2) is 0 Å². The van der Waals surface area contributed by atoms with Crippen molar-refractivity contribution in [1.29, 1.82) is 0 Å². The van der Waals surface area contributed by atoms with Crippen LogP contribution in [0, 0.1) is 11.8 Å². The molecule has 0 bridgehead atoms. The highest BCUT2D eigenvalue weighted by Crippen LogP contribution is 2.25. The van der Waals surface area contributed by atoms with Crippen LogP contribution in [0.5, 0.6) is 0 Å². The molecule has 1 fully saturated rings. The Morgan fingerprint density at radius 3 is 2.44 bits per heavy atom. The van der Waals surface area contributed by atoms with Crippen LogP contribution in [-0.4, -0.2) is 30.9 Å². The topological polar surface area (TPSA) is 70.2 Å². The first kappa shape index (κ1) is 21.5. The molecule has 3 N–H and O–H groups in total. The second-order valence-electron chi connectivity index (χ2n) is 6.99. The van der Waals surface area contributed by atoms with Crippen molar-refractivity contribution in [1.82, 2.24) is 10.6 Å². The molecule has 2 amide bonds. The van der Waals surface area contributed by atoms with Crippen molar-refractivity contribution in [2.24, 2.45) is 11.8 Å². The van der Waals surface area contributed by atoms with Crippen LogP contribution in [0.4, 0.5) is 5.69 Å². The van der Waals surface area contributed by atoms with E-state index in [1.807, 2.05) is 26.0 Å². The zero-order valence-electron chi connectivity index (χ0n) is 15.3.